The van der Waals surface area contributed by atoms with Crippen LogP contribution in [0.1, 0.15) is 13.8 Å². The van der Waals surface area contributed by atoms with Crippen molar-refractivity contribution in [1.29, 1.82) is 0 Å². The summed E-state index contributed by atoms with van der Waals surface area (Å²) < 4.78 is 0. The largest absolute Gasteiger partial charge is 0.299 e. The third kappa shape index (κ3) is 8.99. The van der Waals surface area contributed by atoms with Crippen LogP contribution < -0.4 is 0 Å². The third-order valence-corrected chi connectivity index (χ3v) is 2.45. The summed E-state index contributed by atoms with van der Waals surface area (Å²) in [6.45, 7) is 3.30. The van der Waals surface area contributed by atoms with Crippen LogP contribution in [0.4, 0.5) is 0 Å². The van der Waals surface area contributed by atoms with Crippen LogP contribution in [0, 0.1) is 5.92 Å². The van der Waals surface area contributed by atoms with Gasteiger partial charge in [-0.15, -0.1) is 0 Å². The summed E-state index contributed by atoms with van der Waals surface area (Å²) in [5, 5.41) is 0. The van der Waals surface area contributed by atoms with Crippen LogP contribution in [0.25, 0.3) is 0 Å². The minimum absolute atomic E-state index is 0.164. The first kappa shape index (κ1) is 18.4. The zero-order valence-corrected chi connectivity index (χ0v) is 12.1. The highest BCUT2D eigenvalue weighted by Crippen LogP contribution is 2.07. The van der Waals surface area contributed by atoms with Crippen molar-refractivity contribution >= 4 is 24.1 Å². The van der Waals surface area contributed by atoms with Gasteiger partial charge in [0.05, 0.1) is 0 Å². The number of rotatable bonds is 9. The molecule has 0 aliphatic carbocycles. The number of aldehydes is 2. The molecule has 0 aliphatic rings. The highest BCUT2D eigenvalue weighted by atomic mass is 16.1. The molecule has 4 nitrogen and oxygen atoms in total. The first-order chi connectivity index (χ1) is 10.0. The molecule has 0 rings (SSSR count). The van der Waals surface area contributed by atoms with E-state index in [4.69, 9.17) is 0 Å². The number of hydrogen-bond donors (Lipinski definition) is 0. The minimum atomic E-state index is -0.436. The standard InChI is InChI=1S/C17H18O4/c1-14(16(20)9-5-3-7-11-18)13-15(2)17(21)10-6-4-8-12-19/h3-14H,1-2H3/b7-3-,8-4-,9-5-,10-6-,15-13+. The lowest BCUT2D eigenvalue weighted by molar-refractivity contribution is -0.116. The minimum Gasteiger partial charge on any atom is -0.299 e. The molecule has 21 heavy (non-hydrogen) atoms. The second-order valence-electron chi connectivity index (χ2n) is 4.17. The molecule has 0 amide bonds. The summed E-state index contributed by atoms with van der Waals surface area (Å²) in [5.74, 6) is -0.827. The Labute approximate surface area is 124 Å². The van der Waals surface area contributed by atoms with Gasteiger partial charge in [0.25, 0.3) is 0 Å². The van der Waals surface area contributed by atoms with Crippen LogP contribution in [-0.2, 0) is 19.2 Å². The Morgan fingerprint density at radius 3 is 1.86 bits per heavy atom. The van der Waals surface area contributed by atoms with Crippen molar-refractivity contribution in [2.45, 2.75) is 13.8 Å². The quantitative estimate of drug-likeness (QED) is 0.370. The van der Waals surface area contributed by atoms with E-state index in [1.54, 1.807) is 19.9 Å². The van der Waals surface area contributed by atoms with Gasteiger partial charge in [-0.2, -0.15) is 0 Å². The summed E-state index contributed by atoms with van der Waals surface area (Å²) in [6, 6.07) is 0. The fraction of sp³-hybridized carbons (Fsp3) is 0.176. The van der Waals surface area contributed by atoms with Crippen molar-refractivity contribution in [3.8, 4) is 0 Å². The summed E-state index contributed by atoms with van der Waals surface area (Å²) in [4.78, 5) is 43.5. The molecular formula is C17H18O4. The lowest BCUT2D eigenvalue weighted by Gasteiger charge is -2.02. The van der Waals surface area contributed by atoms with Crippen LogP contribution in [0.5, 0.6) is 0 Å². The van der Waals surface area contributed by atoms with E-state index in [0.29, 0.717) is 18.1 Å². The lowest BCUT2D eigenvalue weighted by Crippen LogP contribution is -2.07. The van der Waals surface area contributed by atoms with Crippen molar-refractivity contribution in [3.63, 3.8) is 0 Å². The van der Waals surface area contributed by atoms with Crippen LogP contribution in [0.15, 0.2) is 60.3 Å². The topological polar surface area (TPSA) is 68.3 Å². The number of carbonyl (C=O) groups is 4. The molecule has 0 fully saturated rings. The predicted molar refractivity (Wildman–Crippen MR) is 81.6 cm³/mol. The molecule has 1 atom stereocenters. The van der Waals surface area contributed by atoms with Gasteiger partial charge >= 0.3 is 0 Å². The number of hydrogen-bond acceptors (Lipinski definition) is 4. The van der Waals surface area contributed by atoms with Crippen molar-refractivity contribution in [2.75, 3.05) is 0 Å². The molecule has 0 saturated carbocycles. The molecule has 110 valence electrons. The van der Waals surface area contributed by atoms with Gasteiger partial charge in [0.1, 0.15) is 12.6 Å². The van der Waals surface area contributed by atoms with E-state index in [2.05, 4.69) is 0 Å². The van der Waals surface area contributed by atoms with Crippen molar-refractivity contribution in [2.24, 2.45) is 5.92 Å². The highest BCUT2D eigenvalue weighted by Gasteiger charge is 2.08. The van der Waals surface area contributed by atoms with Gasteiger partial charge in [0.15, 0.2) is 11.6 Å². The maximum absolute atomic E-state index is 11.7. The molecule has 0 spiro atoms. The molecule has 0 radical (unpaired) electrons. The Kier molecular flexibility index (Phi) is 9.83. The Hall–Kier alpha value is -2.62. The molecule has 1 unspecified atom stereocenters. The van der Waals surface area contributed by atoms with E-state index in [-0.39, 0.29) is 11.6 Å². The molecule has 0 N–H and O–H groups in total. The van der Waals surface area contributed by atoms with Gasteiger partial charge in [-0.05, 0) is 36.8 Å². The molecule has 0 aromatic rings. The normalized spacial score (nSPS) is 14.3. The molecule has 0 aromatic heterocycles. The summed E-state index contributed by atoms with van der Waals surface area (Å²) in [6.07, 6.45) is 13.9. The molecule has 0 bridgehead atoms. The Morgan fingerprint density at radius 2 is 1.33 bits per heavy atom. The molecular weight excluding hydrogens is 268 g/mol. The van der Waals surface area contributed by atoms with Crippen LogP contribution in [-0.4, -0.2) is 24.1 Å². The van der Waals surface area contributed by atoms with Crippen LogP contribution in [0.2, 0.25) is 0 Å². The molecule has 0 aromatic carbocycles. The zero-order chi connectivity index (χ0) is 16.1. The van der Waals surface area contributed by atoms with E-state index in [0.717, 1.165) is 0 Å². The molecule has 0 heterocycles. The SMILES string of the molecule is C/C(=C\C(C)C(=O)/C=C\C=C/C=O)C(=O)/C=C\C=C/C=O. The van der Waals surface area contributed by atoms with E-state index < -0.39 is 5.92 Å². The first-order valence-electron chi connectivity index (χ1n) is 6.36. The van der Waals surface area contributed by atoms with Gasteiger partial charge in [0.2, 0.25) is 0 Å². The highest BCUT2D eigenvalue weighted by molar-refractivity contribution is 6.04. The maximum Gasteiger partial charge on any atom is 0.181 e. The third-order valence-electron chi connectivity index (χ3n) is 2.45. The van der Waals surface area contributed by atoms with Crippen molar-refractivity contribution in [1.82, 2.24) is 0 Å². The van der Waals surface area contributed by atoms with Crippen molar-refractivity contribution < 1.29 is 19.2 Å². The summed E-state index contributed by atoms with van der Waals surface area (Å²) in [7, 11) is 0. The Morgan fingerprint density at radius 1 is 0.810 bits per heavy atom. The smallest absolute Gasteiger partial charge is 0.181 e. The number of allylic oxidation sites excluding steroid dienone is 10. The summed E-state index contributed by atoms with van der Waals surface area (Å²) in [5.41, 5.74) is 0.448. The Balaban J connectivity index is 4.66. The first-order valence-corrected chi connectivity index (χ1v) is 6.36. The average Bonchev–Trinajstić information content (AvgIpc) is 2.47. The van der Waals surface area contributed by atoms with E-state index in [1.807, 2.05) is 0 Å². The van der Waals surface area contributed by atoms with Crippen molar-refractivity contribution in [3.05, 3.63) is 60.3 Å². The van der Waals surface area contributed by atoms with Crippen LogP contribution >= 0.6 is 0 Å². The van der Waals surface area contributed by atoms with E-state index >= 15 is 0 Å². The van der Waals surface area contributed by atoms with Gasteiger partial charge in [-0.25, -0.2) is 0 Å². The average molecular weight is 286 g/mol. The van der Waals surface area contributed by atoms with Gasteiger partial charge in [0, 0.05) is 5.92 Å². The van der Waals surface area contributed by atoms with Gasteiger partial charge in [-0.1, -0.05) is 37.3 Å². The molecule has 0 aliphatic heterocycles. The Bertz CT molecular complexity index is 531. The molecule has 4 heteroatoms. The van der Waals surface area contributed by atoms with E-state index in [9.17, 15) is 19.2 Å². The summed E-state index contributed by atoms with van der Waals surface area (Å²) >= 11 is 0. The lowest BCUT2D eigenvalue weighted by atomic mass is 10.0. The van der Waals surface area contributed by atoms with Crippen LogP contribution in [0.3, 0.4) is 0 Å². The van der Waals surface area contributed by atoms with Gasteiger partial charge < -0.3 is 0 Å². The number of carbonyl (C=O) groups excluding carboxylic acids is 4. The van der Waals surface area contributed by atoms with Gasteiger partial charge in [-0.3, -0.25) is 19.2 Å². The predicted octanol–water partition coefficient (Wildman–Crippen LogP) is 2.33. The van der Waals surface area contributed by atoms with E-state index in [1.165, 1.54) is 48.6 Å². The fourth-order valence-corrected chi connectivity index (χ4v) is 1.33. The monoisotopic (exact) mass is 286 g/mol. The second kappa shape index (κ2) is 11.2. The second-order valence-corrected chi connectivity index (χ2v) is 4.17. The zero-order valence-electron chi connectivity index (χ0n) is 12.1. The number of ketones is 2. The molecule has 0 saturated heterocycles. The maximum atomic E-state index is 11.7. The fourth-order valence-electron chi connectivity index (χ4n) is 1.33.